The highest BCUT2D eigenvalue weighted by atomic mass is 32.1. The van der Waals surface area contributed by atoms with Gasteiger partial charge in [0.2, 0.25) is 0 Å². The molecule has 1 aromatic rings. The molecule has 1 rings (SSSR count). The average molecular weight is 409 g/mol. The lowest BCUT2D eigenvalue weighted by atomic mass is 10.1. The summed E-state index contributed by atoms with van der Waals surface area (Å²) in [4.78, 5) is 26.7. The fourth-order valence-electron chi connectivity index (χ4n) is 2.18. The number of nitrogens with one attached hydrogen (secondary N) is 1. The lowest BCUT2D eigenvalue weighted by molar-refractivity contribution is -0.152. The van der Waals surface area contributed by atoms with Gasteiger partial charge in [0, 0.05) is 24.5 Å². The second-order valence-corrected chi connectivity index (χ2v) is 6.65. The van der Waals surface area contributed by atoms with Gasteiger partial charge in [0.05, 0.1) is 0 Å². The Morgan fingerprint density at radius 3 is 2.54 bits per heavy atom. The van der Waals surface area contributed by atoms with Crippen molar-refractivity contribution in [3.8, 4) is 0 Å². The first kappa shape index (κ1) is 25.8. The molecule has 0 aliphatic carbocycles. The Hall–Kier alpha value is -2.22. The van der Waals surface area contributed by atoms with Gasteiger partial charge in [0.25, 0.3) is 11.8 Å². The van der Waals surface area contributed by atoms with Crippen LogP contribution >= 0.6 is 11.3 Å². The number of hydrogen-bond donors (Lipinski definition) is 3. The average Bonchev–Trinajstić information content (AvgIpc) is 3.23. The van der Waals surface area contributed by atoms with Gasteiger partial charge in [-0.25, -0.2) is 0 Å². The van der Waals surface area contributed by atoms with Crippen molar-refractivity contribution in [2.75, 3.05) is 19.6 Å². The molecule has 1 aromatic heterocycles. The number of carbonyl (C=O) groups is 2. The number of rotatable bonds is 11. The van der Waals surface area contributed by atoms with Crippen LogP contribution in [-0.2, 0) is 16.0 Å². The third-order valence-electron chi connectivity index (χ3n) is 3.63. The second kappa shape index (κ2) is 14.8. The SMILES string of the molecule is C=C/C=C\C(=C)CN(CC)C(=O)C(O)C(O)C(=O)NCCc1cccs1.CC. The number of carbonyl (C=O) groups excluding carboxylic acids is 2. The summed E-state index contributed by atoms with van der Waals surface area (Å²) in [6.45, 7) is 13.9. The highest BCUT2D eigenvalue weighted by Gasteiger charge is 2.32. The topological polar surface area (TPSA) is 89.9 Å². The summed E-state index contributed by atoms with van der Waals surface area (Å²) in [7, 11) is 0. The van der Waals surface area contributed by atoms with E-state index >= 15 is 0 Å². The van der Waals surface area contributed by atoms with Crippen molar-refractivity contribution in [1.82, 2.24) is 10.2 Å². The Morgan fingerprint density at radius 2 is 2.00 bits per heavy atom. The van der Waals surface area contributed by atoms with Crippen LogP contribution in [0.3, 0.4) is 0 Å². The molecule has 2 atom stereocenters. The van der Waals surface area contributed by atoms with Gasteiger partial charge in [-0.05, 0) is 30.4 Å². The summed E-state index contributed by atoms with van der Waals surface area (Å²) in [5.41, 5.74) is 0.641. The zero-order valence-electron chi connectivity index (χ0n) is 16.9. The lowest BCUT2D eigenvalue weighted by Crippen LogP contribution is -2.51. The fraction of sp³-hybridized carbons (Fsp3) is 0.429. The Labute approximate surface area is 171 Å². The molecule has 156 valence electrons. The first-order chi connectivity index (χ1) is 13.4. The van der Waals surface area contributed by atoms with Crippen molar-refractivity contribution in [1.29, 1.82) is 0 Å². The van der Waals surface area contributed by atoms with E-state index in [1.807, 2.05) is 31.4 Å². The number of allylic oxidation sites excluding steroid dienone is 2. The van der Waals surface area contributed by atoms with E-state index in [4.69, 9.17) is 0 Å². The van der Waals surface area contributed by atoms with Gasteiger partial charge in [0.15, 0.2) is 12.2 Å². The van der Waals surface area contributed by atoms with Crippen molar-refractivity contribution >= 4 is 23.2 Å². The normalized spacial score (nSPS) is 12.5. The Balaban J connectivity index is 0.00000352. The molecule has 0 fully saturated rings. The number of nitrogens with zero attached hydrogens (tertiary/aromatic N) is 1. The zero-order valence-corrected chi connectivity index (χ0v) is 17.7. The van der Waals surface area contributed by atoms with Gasteiger partial charge >= 0.3 is 0 Å². The fourth-order valence-corrected chi connectivity index (χ4v) is 2.89. The predicted molar refractivity (Wildman–Crippen MR) is 115 cm³/mol. The van der Waals surface area contributed by atoms with E-state index in [-0.39, 0.29) is 6.54 Å². The van der Waals surface area contributed by atoms with E-state index in [1.54, 1.807) is 36.5 Å². The number of thiophene rings is 1. The van der Waals surface area contributed by atoms with E-state index in [0.717, 1.165) is 4.88 Å². The van der Waals surface area contributed by atoms with Gasteiger partial charge in [-0.2, -0.15) is 0 Å². The molecule has 0 spiro atoms. The molecule has 6 nitrogen and oxygen atoms in total. The van der Waals surface area contributed by atoms with Crippen LogP contribution in [-0.4, -0.2) is 58.8 Å². The maximum Gasteiger partial charge on any atom is 0.254 e. The molecule has 28 heavy (non-hydrogen) atoms. The largest absolute Gasteiger partial charge is 0.380 e. The molecular formula is C21H32N2O4S. The molecule has 1 heterocycles. The van der Waals surface area contributed by atoms with Crippen LogP contribution < -0.4 is 5.32 Å². The molecular weight excluding hydrogens is 376 g/mol. The Kier molecular flexibility index (Phi) is 13.6. The second-order valence-electron chi connectivity index (χ2n) is 5.62. The zero-order chi connectivity index (χ0) is 21.5. The summed E-state index contributed by atoms with van der Waals surface area (Å²) in [6.07, 6.45) is 1.94. The lowest BCUT2D eigenvalue weighted by Gasteiger charge is -2.26. The van der Waals surface area contributed by atoms with Crippen LogP contribution in [0, 0.1) is 0 Å². The quantitative estimate of drug-likeness (QED) is 0.490. The standard InChI is InChI=1S/C19H26N2O4S.C2H6/c1-4-6-8-14(3)13-21(5-2)19(25)17(23)16(22)18(24)20-11-10-15-9-7-12-26-15;1-2/h4,6-9,12,16-17,22-23H,1,3,5,10-11,13H2,2H3,(H,20,24);1-2H3/b8-6-;. The number of hydrogen-bond acceptors (Lipinski definition) is 5. The third kappa shape index (κ3) is 9.12. The number of likely N-dealkylation sites (N-methyl/N-ethyl adjacent to an activating group) is 1. The smallest absolute Gasteiger partial charge is 0.254 e. The van der Waals surface area contributed by atoms with E-state index in [9.17, 15) is 19.8 Å². The summed E-state index contributed by atoms with van der Waals surface area (Å²) >= 11 is 1.57. The van der Waals surface area contributed by atoms with Crippen LogP contribution in [0.5, 0.6) is 0 Å². The first-order valence-electron chi connectivity index (χ1n) is 9.32. The van der Waals surface area contributed by atoms with Gasteiger partial charge in [-0.1, -0.05) is 51.3 Å². The molecule has 2 amide bonds. The minimum Gasteiger partial charge on any atom is -0.380 e. The Morgan fingerprint density at radius 1 is 1.32 bits per heavy atom. The summed E-state index contributed by atoms with van der Waals surface area (Å²) in [5.74, 6) is -1.50. The van der Waals surface area contributed by atoms with Gasteiger partial charge in [-0.15, -0.1) is 11.3 Å². The molecule has 3 N–H and O–H groups in total. The molecule has 0 bridgehead atoms. The van der Waals surface area contributed by atoms with Crippen LogP contribution in [0.15, 0.2) is 54.5 Å². The molecule has 7 heteroatoms. The summed E-state index contributed by atoms with van der Waals surface area (Å²) < 4.78 is 0. The summed E-state index contributed by atoms with van der Waals surface area (Å²) in [6, 6.07) is 3.86. The minimum atomic E-state index is -1.83. The monoisotopic (exact) mass is 408 g/mol. The number of aliphatic hydroxyl groups excluding tert-OH is 2. The highest BCUT2D eigenvalue weighted by molar-refractivity contribution is 7.09. The van der Waals surface area contributed by atoms with Gasteiger partial charge < -0.3 is 20.4 Å². The molecule has 0 aliphatic heterocycles. The van der Waals surface area contributed by atoms with Crippen molar-refractivity contribution in [2.45, 2.75) is 39.4 Å². The Bertz CT molecular complexity index is 641. The minimum absolute atomic E-state index is 0.184. The van der Waals surface area contributed by atoms with Crippen LogP contribution in [0.2, 0.25) is 0 Å². The van der Waals surface area contributed by atoms with E-state index < -0.39 is 24.0 Å². The molecule has 2 unspecified atom stereocenters. The number of amides is 2. The highest BCUT2D eigenvalue weighted by Crippen LogP contribution is 2.09. The van der Waals surface area contributed by atoms with Crippen molar-refractivity contribution < 1.29 is 19.8 Å². The molecule has 0 aliphatic rings. The van der Waals surface area contributed by atoms with Crippen molar-refractivity contribution in [2.24, 2.45) is 0 Å². The maximum absolute atomic E-state index is 12.3. The molecule has 0 radical (unpaired) electrons. The molecule has 0 saturated carbocycles. The van der Waals surface area contributed by atoms with Gasteiger partial charge in [-0.3, -0.25) is 9.59 Å². The van der Waals surface area contributed by atoms with E-state index in [2.05, 4.69) is 18.5 Å². The predicted octanol–water partition coefficient (Wildman–Crippen LogP) is 2.30. The van der Waals surface area contributed by atoms with Crippen LogP contribution in [0.25, 0.3) is 0 Å². The van der Waals surface area contributed by atoms with E-state index in [0.29, 0.717) is 25.1 Å². The third-order valence-corrected chi connectivity index (χ3v) is 4.56. The van der Waals surface area contributed by atoms with Crippen molar-refractivity contribution in [3.63, 3.8) is 0 Å². The van der Waals surface area contributed by atoms with Crippen LogP contribution in [0.4, 0.5) is 0 Å². The maximum atomic E-state index is 12.3. The van der Waals surface area contributed by atoms with Crippen LogP contribution in [0.1, 0.15) is 25.6 Å². The van der Waals surface area contributed by atoms with Gasteiger partial charge in [0.1, 0.15) is 0 Å². The van der Waals surface area contributed by atoms with E-state index in [1.165, 1.54) is 4.90 Å². The van der Waals surface area contributed by atoms with Crippen molar-refractivity contribution in [3.05, 3.63) is 59.3 Å². The number of aliphatic hydroxyl groups is 2. The molecule has 0 saturated heterocycles. The molecule has 0 aromatic carbocycles. The summed E-state index contributed by atoms with van der Waals surface area (Å²) in [5, 5.41) is 24.5. The first-order valence-corrected chi connectivity index (χ1v) is 10.2.